The molecule has 0 saturated heterocycles. The number of benzene rings is 2. The standard InChI is InChI=1S/C26H24N4O4S/c1-18-6-8-21(9-7-18)35(31,32)34-15-14-33-20-5-3-4-19(16-20)28-25-11-10-22-23-17-27-13-12-24(23)30(2)26(22)29-25/h3-13,16-17H,14-15H2,1-2H3,(H,28,29). The maximum Gasteiger partial charge on any atom is 0.297 e. The van der Waals surface area contributed by atoms with Gasteiger partial charge in [0, 0.05) is 42.0 Å². The topological polar surface area (TPSA) is 95.3 Å². The summed E-state index contributed by atoms with van der Waals surface area (Å²) >= 11 is 0. The van der Waals surface area contributed by atoms with Gasteiger partial charge in [0.15, 0.2) is 0 Å². The molecule has 5 rings (SSSR count). The van der Waals surface area contributed by atoms with Gasteiger partial charge in [-0.2, -0.15) is 8.42 Å². The molecule has 0 fully saturated rings. The van der Waals surface area contributed by atoms with Crippen LogP contribution in [0.5, 0.6) is 5.75 Å². The van der Waals surface area contributed by atoms with Crippen LogP contribution in [-0.4, -0.2) is 36.2 Å². The molecular weight excluding hydrogens is 464 g/mol. The molecule has 178 valence electrons. The van der Waals surface area contributed by atoms with E-state index in [1.807, 2.05) is 61.1 Å². The highest BCUT2D eigenvalue weighted by atomic mass is 32.2. The summed E-state index contributed by atoms with van der Waals surface area (Å²) in [5.41, 5.74) is 3.70. The Morgan fingerprint density at radius 1 is 0.971 bits per heavy atom. The van der Waals surface area contributed by atoms with Crippen molar-refractivity contribution in [1.29, 1.82) is 0 Å². The fourth-order valence-electron chi connectivity index (χ4n) is 3.87. The van der Waals surface area contributed by atoms with E-state index in [9.17, 15) is 8.42 Å². The summed E-state index contributed by atoms with van der Waals surface area (Å²) < 4.78 is 37.4. The van der Waals surface area contributed by atoms with Gasteiger partial charge < -0.3 is 14.6 Å². The predicted octanol–water partition coefficient (Wildman–Crippen LogP) is 4.96. The molecule has 0 radical (unpaired) electrons. The summed E-state index contributed by atoms with van der Waals surface area (Å²) in [4.78, 5) is 9.12. The minimum absolute atomic E-state index is 0.0860. The van der Waals surface area contributed by atoms with Crippen LogP contribution in [0.3, 0.4) is 0 Å². The lowest BCUT2D eigenvalue weighted by Crippen LogP contribution is -2.13. The molecule has 0 aliphatic carbocycles. The van der Waals surface area contributed by atoms with Gasteiger partial charge in [0.1, 0.15) is 30.4 Å². The number of hydrogen-bond donors (Lipinski definition) is 1. The number of pyridine rings is 2. The number of aromatic nitrogens is 3. The Morgan fingerprint density at radius 2 is 1.80 bits per heavy atom. The maximum absolute atomic E-state index is 12.3. The lowest BCUT2D eigenvalue weighted by atomic mass is 10.2. The van der Waals surface area contributed by atoms with E-state index in [2.05, 4.69) is 10.3 Å². The zero-order chi connectivity index (χ0) is 24.4. The SMILES string of the molecule is Cc1ccc(S(=O)(=O)OCCOc2cccc(Nc3ccc4c5cnccc5n(C)c4n3)c2)cc1. The lowest BCUT2D eigenvalue weighted by Gasteiger charge is -2.10. The second-order valence-electron chi connectivity index (χ2n) is 8.11. The van der Waals surface area contributed by atoms with Crippen LogP contribution in [0.4, 0.5) is 11.5 Å². The van der Waals surface area contributed by atoms with Gasteiger partial charge in [0.05, 0.1) is 10.4 Å². The molecule has 0 atom stereocenters. The highest BCUT2D eigenvalue weighted by Crippen LogP contribution is 2.28. The molecule has 1 N–H and O–H groups in total. The Kier molecular flexibility index (Phi) is 6.10. The molecular formula is C26H24N4O4S. The lowest BCUT2D eigenvalue weighted by molar-refractivity contribution is 0.221. The molecule has 0 amide bonds. The second kappa shape index (κ2) is 9.36. The van der Waals surface area contributed by atoms with E-state index in [0.29, 0.717) is 11.6 Å². The van der Waals surface area contributed by atoms with Gasteiger partial charge in [0.2, 0.25) is 0 Å². The van der Waals surface area contributed by atoms with E-state index in [1.165, 1.54) is 12.1 Å². The highest BCUT2D eigenvalue weighted by Gasteiger charge is 2.15. The van der Waals surface area contributed by atoms with Crippen LogP contribution >= 0.6 is 0 Å². The number of fused-ring (bicyclic) bond motifs is 3. The van der Waals surface area contributed by atoms with Crippen molar-refractivity contribution in [2.45, 2.75) is 11.8 Å². The van der Waals surface area contributed by atoms with Crippen molar-refractivity contribution in [2.24, 2.45) is 7.05 Å². The molecule has 0 aliphatic rings. The average molecular weight is 489 g/mol. The number of hydrogen-bond acceptors (Lipinski definition) is 7. The summed E-state index contributed by atoms with van der Waals surface area (Å²) in [6.07, 6.45) is 3.62. The fourth-order valence-corrected chi connectivity index (χ4v) is 4.77. The van der Waals surface area contributed by atoms with Crippen molar-refractivity contribution >= 4 is 43.6 Å². The van der Waals surface area contributed by atoms with Crippen LogP contribution in [-0.2, 0) is 21.3 Å². The Labute approximate surface area is 203 Å². The third-order valence-electron chi connectivity index (χ3n) is 5.65. The van der Waals surface area contributed by atoms with Crippen molar-refractivity contribution in [1.82, 2.24) is 14.5 Å². The number of ether oxygens (including phenoxy) is 1. The van der Waals surface area contributed by atoms with Crippen molar-refractivity contribution in [3.8, 4) is 5.75 Å². The monoisotopic (exact) mass is 488 g/mol. The maximum atomic E-state index is 12.3. The minimum atomic E-state index is -3.82. The van der Waals surface area contributed by atoms with E-state index in [1.54, 1.807) is 24.4 Å². The molecule has 5 aromatic rings. The fraction of sp³-hybridized carbons (Fsp3) is 0.154. The van der Waals surface area contributed by atoms with Gasteiger partial charge in [-0.3, -0.25) is 9.17 Å². The van der Waals surface area contributed by atoms with Crippen LogP contribution in [0, 0.1) is 6.92 Å². The number of anilines is 2. The summed E-state index contributed by atoms with van der Waals surface area (Å²) in [7, 11) is -1.84. The smallest absolute Gasteiger partial charge is 0.297 e. The number of rotatable bonds is 8. The summed E-state index contributed by atoms with van der Waals surface area (Å²) in [6, 6.07) is 19.8. The first-order valence-electron chi connectivity index (χ1n) is 11.1. The summed E-state index contributed by atoms with van der Waals surface area (Å²) in [5, 5.41) is 5.40. The first kappa shape index (κ1) is 22.8. The summed E-state index contributed by atoms with van der Waals surface area (Å²) in [6.45, 7) is 1.88. The van der Waals surface area contributed by atoms with Gasteiger partial charge in [0.25, 0.3) is 10.1 Å². The van der Waals surface area contributed by atoms with E-state index in [-0.39, 0.29) is 18.1 Å². The third-order valence-corrected chi connectivity index (χ3v) is 6.98. The number of nitrogens with zero attached hydrogens (tertiary/aromatic N) is 3. The quantitative estimate of drug-likeness (QED) is 0.244. The second-order valence-corrected chi connectivity index (χ2v) is 9.73. The van der Waals surface area contributed by atoms with Gasteiger partial charge in [-0.15, -0.1) is 0 Å². The van der Waals surface area contributed by atoms with E-state index >= 15 is 0 Å². The van der Waals surface area contributed by atoms with E-state index < -0.39 is 10.1 Å². The highest BCUT2D eigenvalue weighted by molar-refractivity contribution is 7.86. The number of aryl methyl sites for hydroxylation is 2. The zero-order valence-corrected chi connectivity index (χ0v) is 20.1. The first-order valence-corrected chi connectivity index (χ1v) is 12.5. The van der Waals surface area contributed by atoms with Crippen LogP contribution in [0.1, 0.15) is 5.56 Å². The molecule has 2 aromatic carbocycles. The van der Waals surface area contributed by atoms with Crippen molar-refractivity contribution in [2.75, 3.05) is 18.5 Å². The Hall–Kier alpha value is -3.95. The number of nitrogens with one attached hydrogen (secondary N) is 1. The molecule has 8 nitrogen and oxygen atoms in total. The molecule has 0 spiro atoms. The Morgan fingerprint density at radius 3 is 2.63 bits per heavy atom. The van der Waals surface area contributed by atoms with Gasteiger partial charge in [-0.05, 0) is 49.4 Å². The Balaban J connectivity index is 1.23. The molecule has 9 heteroatoms. The Bertz CT molecular complexity index is 1610. The van der Waals surface area contributed by atoms with Crippen LogP contribution < -0.4 is 10.1 Å². The molecule has 0 aliphatic heterocycles. The molecule has 0 saturated carbocycles. The minimum Gasteiger partial charge on any atom is -0.491 e. The normalized spacial score (nSPS) is 11.7. The van der Waals surface area contributed by atoms with Crippen LogP contribution in [0.25, 0.3) is 21.9 Å². The van der Waals surface area contributed by atoms with E-state index in [4.69, 9.17) is 13.9 Å². The van der Waals surface area contributed by atoms with Crippen LogP contribution in [0.15, 0.2) is 84.0 Å². The molecule has 3 heterocycles. The average Bonchev–Trinajstić information content (AvgIpc) is 3.14. The third kappa shape index (κ3) is 4.82. The summed E-state index contributed by atoms with van der Waals surface area (Å²) in [5.74, 6) is 1.28. The molecule has 35 heavy (non-hydrogen) atoms. The largest absolute Gasteiger partial charge is 0.491 e. The van der Waals surface area contributed by atoms with Gasteiger partial charge >= 0.3 is 0 Å². The van der Waals surface area contributed by atoms with Crippen LogP contribution in [0.2, 0.25) is 0 Å². The zero-order valence-electron chi connectivity index (χ0n) is 19.3. The van der Waals surface area contributed by atoms with Gasteiger partial charge in [-0.25, -0.2) is 4.98 Å². The van der Waals surface area contributed by atoms with E-state index in [0.717, 1.165) is 33.2 Å². The van der Waals surface area contributed by atoms with Crippen molar-refractivity contribution in [3.63, 3.8) is 0 Å². The predicted molar refractivity (Wildman–Crippen MR) is 136 cm³/mol. The molecule has 0 bridgehead atoms. The molecule has 3 aromatic heterocycles. The van der Waals surface area contributed by atoms with Gasteiger partial charge in [-0.1, -0.05) is 23.8 Å². The molecule has 0 unspecified atom stereocenters. The first-order chi connectivity index (χ1) is 16.9. The van der Waals surface area contributed by atoms with Crippen molar-refractivity contribution < 1.29 is 17.3 Å². The van der Waals surface area contributed by atoms with Crippen molar-refractivity contribution in [3.05, 3.63) is 84.7 Å².